The molecule has 0 fully saturated rings. The number of hydrogen-bond acceptors (Lipinski definition) is 2. The highest BCUT2D eigenvalue weighted by molar-refractivity contribution is 5.68. The minimum Gasteiger partial charge on any atom is -0.481 e. The molecular formula is C15H18N2O2. The molecule has 1 N–H and O–H groups in total. The first-order valence-corrected chi connectivity index (χ1v) is 6.41. The van der Waals surface area contributed by atoms with Gasteiger partial charge in [0.2, 0.25) is 0 Å². The molecule has 0 aliphatic carbocycles. The van der Waals surface area contributed by atoms with E-state index in [0.717, 1.165) is 22.5 Å². The predicted octanol–water partition coefficient (Wildman–Crippen LogP) is 3.03. The molecule has 0 unspecified atom stereocenters. The highest BCUT2D eigenvalue weighted by Crippen LogP contribution is 2.26. The molecule has 4 heteroatoms. The maximum Gasteiger partial charge on any atom is 0.303 e. The lowest BCUT2D eigenvalue weighted by Gasteiger charge is -2.04. The molecule has 1 aromatic carbocycles. The third kappa shape index (κ3) is 3.02. The van der Waals surface area contributed by atoms with Gasteiger partial charge in [-0.25, -0.2) is 0 Å². The Bertz CT molecular complexity index is 573. The number of aliphatic carboxylic acids is 1. The van der Waals surface area contributed by atoms with Gasteiger partial charge in [-0.2, -0.15) is 5.10 Å². The number of carbonyl (C=O) groups is 1. The minimum absolute atomic E-state index is 0.180. The van der Waals surface area contributed by atoms with Crippen molar-refractivity contribution >= 4 is 5.97 Å². The van der Waals surface area contributed by atoms with Crippen LogP contribution in [0.15, 0.2) is 30.3 Å². The van der Waals surface area contributed by atoms with E-state index in [9.17, 15) is 4.79 Å². The van der Waals surface area contributed by atoms with Crippen molar-refractivity contribution in [2.75, 3.05) is 0 Å². The van der Waals surface area contributed by atoms with Crippen LogP contribution in [-0.4, -0.2) is 20.9 Å². The van der Waals surface area contributed by atoms with Crippen LogP contribution in [0.3, 0.4) is 0 Å². The highest BCUT2D eigenvalue weighted by atomic mass is 16.4. The molecule has 0 aliphatic rings. The molecule has 0 aliphatic heterocycles. The highest BCUT2D eigenvalue weighted by Gasteiger charge is 2.12. The minimum atomic E-state index is -0.759. The average molecular weight is 258 g/mol. The van der Waals surface area contributed by atoms with E-state index in [1.807, 2.05) is 36.7 Å². The Labute approximate surface area is 112 Å². The molecule has 0 saturated heterocycles. The van der Waals surface area contributed by atoms with Crippen LogP contribution >= 0.6 is 0 Å². The zero-order chi connectivity index (χ0) is 13.8. The predicted molar refractivity (Wildman–Crippen MR) is 74.0 cm³/mol. The fourth-order valence-electron chi connectivity index (χ4n) is 2.32. The van der Waals surface area contributed by atoms with Gasteiger partial charge < -0.3 is 5.11 Å². The van der Waals surface area contributed by atoms with Crippen molar-refractivity contribution in [3.05, 3.63) is 41.7 Å². The standard InChI is InChI=1S/C15H18N2O2/c1-11-15(13-7-4-3-5-8-13)12(2)17(16-11)10-6-9-14(18)19/h3-5,7-8H,6,9-10H2,1-2H3,(H,18,19). The molecular weight excluding hydrogens is 240 g/mol. The van der Waals surface area contributed by atoms with Gasteiger partial charge in [0.15, 0.2) is 0 Å². The van der Waals surface area contributed by atoms with Gasteiger partial charge >= 0.3 is 5.97 Å². The van der Waals surface area contributed by atoms with E-state index < -0.39 is 5.97 Å². The van der Waals surface area contributed by atoms with Gasteiger partial charge in [-0.1, -0.05) is 30.3 Å². The van der Waals surface area contributed by atoms with E-state index in [1.54, 1.807) is 0 Å². The molecule has 19 heavy (non-hydrogen) atoms. The van der Waals surface area contributed by atoms with E-state index in [2.05, 4.69) is 17.2 Å². The van der Waals surface area contributed by atoms with Gasteiger partial charge in [-0.3, -0.25) is 9.48 Å². The molecule has 2 rings (SSSR count). The number of aromatic nitrogens is 2. The third-order valence-corrected chi connectivity index (χ3v) is 3.20. The Balaban J connectivity index is 2.23. The van der Waals surface area contributed by atoms with E-state index in [4.69, 9.17) is 5.11 Å². The summed E-state index contributed by atoms with van der Waals surface area (Å²) in [5.41, 5.74) is 4.38. The van der Waals surface area contributed by atoms with Crippen LogP contribution in [0.1, 0.15) is 24.2 Å². The second-order valence-electron chi connectivity index (χ2n) is 4.63. The monoisotopic (exact) mass is 258 g/mol. The van der Waals surface area contributed by atoms with E-state index in [-0.39, 0.29) is 6.42 Å². The first kappa shape index (κ1) is 13.3. The van der Waals surface area contributed by atoms with E-state index in [1.165, 1.54) is 0 Å². The fraction of sp³-hybridized carbons (Fsp3) is 0.333. The Kier molecular flexibility index (Phi) is 4.00. The molecule has 1 heterocycles. The molecule has 100 valence electrons. The first-order valence-electron chi connectivity index (χ1n) is 6.41. The van der Waals surface area contributed by atoms with Crippen LogP contribution in [0.25, 0.3) is 11.1 Å². The molecule has 0 atom stereocenters. The Morgan fingerprint density at radius 2 is 1.95 bits per heavy atom. The van der Waals surface area contributed by atoms with Crippen molar-refractivity contribution in [1.82, 2.24) is 9.78 Å². The summed E-state index contributed by atoms with van der Waals surface area (Å²) in [5, 5.41) is 13.2. The zero-order valence-corrected chi connectivity index (χ0v) is 11.3. The van der Waals surface area contributed by atoms with Crippen LogP contribution in [0.5, 0.6) is 0 Å². The third-order valence-electron chi connectivity index (χ3n) is 3.20. The lowest BCUT2D eigenvalue weighted by Crippen LogP contribution is -2.05. The fourth-order valence-corrected chi connectivity index (χ4v) is 2.32. The van der Waals surface area contributed by atoms with Crippen molar-refractivity contribution in [3.8, 4) is 11.1 Å². The van der Waals surface area contributed by atoms with Crippen molar-refractivity contribution in [2.24, 2.45) is 0 Å². The second kappa shape index (κ2) is 5.69. The topological polar surface area (TPSA) is 55.1 Å². The summed E-state index contributed by atoms with van der Waals surface area (Å²) < 4.78 is 1.90. The van der Waals surface area contributed by atoms with Crippen molar-refractivity contribution in [2.45, 2.75) is 33.2 Å². The van der Waals surface area contributed by atoms with Crippen molar-refractivity contribution in [1.29, 1.82) is 0 Å². The number of nitrogens with zero attached hydrogens (tertiary/aromatic N) is 2. The summed E-state index contributed by atoms with van der Waals surface area (Å²) in [6.07, 6.45) is 0.782. The lowest BCUT2D eigenvalue weighted by atomic mass is 10.0. The number of carboxylic acids is 1. The SMILES string of the molecule is Cc1nn(CCCC(=O)O)c(C)c1-c1ccccc1. The maximum absolute atomic E-state index is 10.5. The maximum atomic E-state index is 10.5. The first-order chi connectivity index (χ1) is 9.09. The molecule has 0 radical (unpaired) electrons. The number of rotatable bonds is 5. The van der Waals surface area contributed by atoms with Crippen LogP contribution in [0, 0.1) is 13.8 Å². The Hall–Kier alpha value is -2.10. The molecule has 1 aromatic heterocycles. The summed E-state index contributed by atoms with van der Waals surface area (Å²) >= 11 is 0. The van der Waals surface area contributed by atoms with Crippen molar-refractivity contribution in [3.63, 3.8) is 0 Å². The lowest BCUT2D eigenvalue weighted by molar-refractivity contribution is -0.137. The van der Waals surface area contributed by atoms with Gasteiger partial charge in [0.25, 0.3) is 0 Å². The normalized spacial score (nSPS) is 10.6. The second-order valence-corrected chi connectivity index (χ2v) is 4.63. The van der Waals surface area contributed by atoms with Gasteiger partial charge in [0, 0.05) is 24.2 Å². The number of benzene rings is 1. The molecule has 2 aromatic rings. The Morgan fingerprint density at radius 1 is 1.26 bits per heavy atom. The van der Waals surface area contributed by atoms with Crippen LogP contribution in [0.2, 0.25) is 0 Å². The molecule has 0 bridgehead atoms. The number of carboxylic acid groups (broad SMARTS) is 1. The molecule has 0 amide bonds. The quantitative estimate of drug-likeness (QED) is 0.896. The van der Waals surface area contributed by atoms with Crippen LogP contribution < -0.4 is 0 Å². The molecule has 0 saturated carbocycles. The Morgan fingerprint density at radius 3 is 2.58 bits per heavy atom. The summed E-state index contributed by atoms with van der Waals surface area (Å²) in [6, 6.07) is 10.1. The summed E-state index contributed by atoms with van der Waals surface area (Å²) in [5.74, 6) is -0.759. The molecule has 0 spiro atoms. The van der Waals surface area contributed by atoms with Crippen LogP contribution in [0.4, 0.5) is 0 Å². The molecule has 4 nitrogen and oxygen atoms in total. The summed E-state index contributed by atoms with van der Waals surface area (Å²) in [7, 11) is 0. The summed E-state index contributed by atoms with van der Waals surface area (Å²) in [6.45, 7) is 4.66. The zero-order valence-electron chi connectivity index (χ0n) is 11.3. The number of hydrogen-bond donors (Lipinski definition) is 1. The van der Waals surface area contributed by atoms with Crippen LogP contribution in [-0.2, 0) is 11.3 Å². The van der Waals surface area contributed by atoms with Gasteiger partial charge in [-0.15, -0.1) is 0 Å². The smallest absolute Gasteiger partial charge is 0.303 e. The summed E-state index contributed by atoms with van der Waals surface area (Å²) in [4.78, 5) is 10.5. The van der Waals surface area contributed by atoms with Gasteiger partial charge in [0.1, 0.15) is 0 Å². The van der Waals surface area contributed by atoms with Crippen molar-refractivity contribution < 1.29 is 9.90 Å². The van der Waals surface area contributed by atoms with E-state index >= 15 is 0 Å². The average Bonchev–Trinajstić information content (AvgIpc) is 2.65. The van der Waals surface area contributed by atoms with Gasteiger partial charge in [-0.05, 0) is 25.8 Å². The van der Waals surface area contributed by atoms with E-state index in [0.29, 0.717) is 13.0 Å². The van der Waals surface area contributed by atoms with Gasteiger partial charge in [0.05, 0.1) is 5.69 Å². The number of aryl methyl sites for hydroxylation is 2. The largest absolute Gasteiger partial charge is 0.481 e.